The number of ether oxygens (including phenoxy) is 1. The van der Waals surface area contributed by atoms with Gasteiger partial charge in [-0.1, -0.05) is 12.1 Å². The Balaban J connectivity index is 1.28. The van der Waals surface area contributed by atoms with E-state index in [2.05, 4.69) is 9.88 Å². The molecule has 23 heavy (non-hydrogen) atoms. The Morgan fingerprint density at radius 3 is 2.78 bits per heavy atom. The van der Waals surface area contributed by atoms with Gasteiger partial charge in [-0.15, -0.1) is 0 Å². The smallest absolute Gasteiger partial charge is 0.191 e. The fraction of sp³-hybridized carbons (Fsp3) is 0.500. The van der Waals surface area contributed by atoms with Crippen LogP contribution < -0.4 is 0 Å². The molecule has 4 rings (SSSR count). The Kier molecular flexibility index (Phi) is 3.70. The van der Waals surface area contributed by atoms with E-state index in [9.17, 15) is 4.39 Å². The molecule has 0 radical (unpaired) electrons. The van der Waals surface area contributed by atoms with Gasteiger partial charge in [-0.2, -0.15) is 0 Å². The molecule has 0 aliphatic carbocycles. The lowest BCUT2D eigenvalue weighted by Gasteiger charge is -2.47. The van der Waals surface area contributed by atoms with Crippen molar-refractivity contribution < 1.29 is 13.5 Å². The number of oxazole rings is 1. The first kappa shape index (κ1) is 14.8. The van der Waals surface area contributed by atoms with Crippen LogP contribution in [0.15, 0.2) is 34.9 Å². The number of likely N-dealkylation sites (tertiary alicyclic amines) is 1. The van der Waals surface area contributed by atoms with Crippen LogP contribution in [0, 0.1) is 18.2 Å². The second-order valence-electron chi connectivity index (χ2n) is 6.97. The Bertz CT molecular complexity index is 677. The maximum absolute atomic E-state index is 13.0. The highest BCUT2D eigenvalue weighted by Gasteiger charge is 2.48. The molecule has 0 N–H and O–H groups in total. The third-order valence-corrected chi connectivity index (χ3v) is 4.83. The number of aryl methyl sites for hydroxylation is 1. The van der Waals surface area contributed by atoms with E-state index in [4.69, 9.17) is 9.15 Å². The van der Waals surface area contributed by atoms with E-state index >= 15 is 0 Å². The Hall–Kier alpha value is -1.72. The first-order chi connectivity index (χ1) is 11.1. The summed E-state index contributed by atoms with van der Waals surface area (Å²) in [5.74, 6) is 0.536. The van der Waals surface area contributed by atoms with E-state index in [0.717, 1.165) is 56.2 Å². The van der Waals surface area contributed by atoms with Gasteiger partial charge in [-0.25, -0.2) is 9.37 Å². The van der Waals surface area contributed by atoms with Crippen molar-refractivity contribution in [3.8, 4) is 0 Å². The predicted octanol–water partition coefficient (Wildman–Crippen LogP) is 2.96. The zero-order valence-electron chi connectivity index (χ0n) is 13.3. The number of hydrogen-bond donors (Lipinski definition) is 0. The highest BCUT2D eigenvalue weighted by Crippen LogP contribution is 2.42. The minimum atomic E-state index is -0.185. The van der Waals surface area contributed by atoms with Crippen molar-refractivity contribution in [3.05, 3.63) is 53.5 Å². The summed E-state index contributed by atoms with van der Waals surface area (Å²) in [6.07, 6.45) is 3.93. The third kappa shape index (κ3) is 3.16. The van der Waals surface area contributed by atoms with E-state index in [0.29, 0.717) is 5.41 Å². The van der Waals surface area contributed by atoms with Crippen molar-refractivity contribution in [3.63, 3.8) is 0 Å². The number of benzene rings is 1. The molecule has 0 saturated carbocycles. The minimum absolute atomic E-state index is 0.185. The average Bonchev–Trinajstić information content (AvgIpc) is 3.08. The Labute approximate surface area is 135 Å². The van der Waals surface area contributed by atoms with Crippen molar-refractivity contribution >= 4 is 0 Å². The van der Waals surface area contributed by atoms with Gasteiger partial charge in [0, 0.05) is 32.0 Å². The van der Waals surface area contributed by atoms with Gasteiger partial charge >= 0.3 is 0 Å². The van der Waals surface area contributed by atoms with Gasteiger partial charge in [-0.05, 0) is 30.5 Å². The number of nitrogens with zero attached hydrogens (tertiary/aromatic N) is 2. The average molecular weight is 316 g/mol. The summed E-state index contributed by atoms with van der Waals surface area (Å²) >= 11 is 0. The van der Waals surface area contributed by atoms with Crippen molar-refractivity contribution in [1.29, 1.82) is 0 Å². The second-order valence-corrected chi connectivity index (χ2v) is 6.97. The van der Waals surface area contributed by atoms with Gasteiger partial charge < -0.3 is 9.15 Å². The van der Waals surface area contributed by atoms with Gasteiger partial charge in [0.1, 0.15) is 12.1 Å². The first-order valence-electron chi connectivity index (χ1n) is 8.10. The van der Waals surface area contributed by atoms with Crippen molar-refractivity contribution in [2.75, 3.05) is 19.7 Å². The van der Waals surface area contributed by atoms with Gasteiger partial charge in [0.15, 0.2) is 5.89 Å². The fourth-order valence-corrected chi connectivity index (χ4v) is 3.85. The Morgan fingerprint density at radius 2 is 2.09 bits per heavy atom. The quantitative estimate of drug-likeness (QED) is 0.869. The number of aromatic nitrogens is 1. The molecule has 1 aromatic heterocycles. The van der Waals surface area contributed by atoms with E-state index in [1.165, 1.54) is 12.1 Å². The van der Waals surface area contributed by atoms with Crippen molar-refractivity contribution in [2.45, 2.75) is 32.4 Å². The predicted molar refractivity (Wildman–Crippen MR) is 83.4 cm³/mol. The topological polar surface area (TPSA) is 38.5 Å². The summed E-state index contributed by atoms with van der Waals surface area (Å²) in [5.41, 5.74) is 2.44. The highest BCUT2D eigenvalue weighted by molar-refractivity contribution is 5.17. The van der Waals surface area contributed by atoms with E-state index in [1.807, 2.05) is 19.1 Å². The van der Waals surface area contributed by atoms with Gasteiger partial charge in [-0.3, -0.25) is 4.90 Å². The van der Waals surface area contributed by atoms with Crippen LogP contribution in [-0.4, -0.2) is 35.7 Å². The van der Waals surface area contributed by atoms with Crippen LogP contribution in [0.25, 0.3) is 0 Å². The van der Waals surface area contributed by atoms with Gasteiger partial charge in [0.25, 0.3) is 0 Å². The molecule has 122 valence electrons. The normalized spacial score (nSPS) is 23.3. The van der Waals surface area contributed by atoms with Crippen molar-refractivity contribution in [1.82, 2.24) is 9.88 Å². The molecule has 1 atom stereocenters. The molecular formula is C18H21FN2O2. The standard InChI is InChI=1S/C18H21FN2O2/c1-13-20-16(9-22-13)8-21-10-18(11-21)7-17(23-12-18)6-14-2-4-15(19)5-3-14/h2-5,9,17H,6-8,10-12H2,1H3/t17-/m1/s1. The molecule has 2 aromatic rings. The van der Waals surface area contributed by atoms with Crippen LogP contribution >= 0.6 is 0 Å². The molecule has 2 saturated heterocycles. The van der Waals surface area contributed by atoms with E-state index in [1.54, 1.807) is 6.26 Å². The van der Waals surface area contributed by atoms with Crippen molar-refractivity contribution in [2.24, 2.45) is 5.41 Å². The molecule has 0 unspecified atom stereocenters. The molecule has 1 spiro atoms. The lowest BCUT2D eigenvalue weighted by atomic mass is 9.77. The maximum atomic E-state index is 13.0. The molecular weight excluding hydrogens is 295 g/mol. The van der Waals surface area contributed by atoms with E-state index < -0.39 is 0 Å². The molecule has 4 nitrogen and oxygen atoms in total. The minimum Gasteiger partial charge on any atom is -0.449 e. The molecule has 3 heterocycles. The summed E-state index contributed by atoms with van der Waals surface area (Å²) in [6.45, 7) is 5.65. The molecule has 1 aromatic carbocycles. The summed E-state index contributed by atoms with van der Waals surface area (Å²) in [5, 5.41) is 0. The maximum Gasteiger partial charge on any atom is 0.191 e. The summed E-state index contributed by atoms with van der Waals surface area (Å²) < 4.78 is 24.2. The van der Waals surface area contributed by atoms with E-state index in [-0.39, 0.29) is 11.9 Å². The van der Waals surface area contributed by atoms with Crippen LogP contribution in [0.4, 0.5) is 4.39 Å². The number of hydrogen-bond acceptors (Lipinski definition) is 4. The molecule has 0 bridgehead atoms. The van der Waals surface area contributed by atoms with Crippen LogP contribution in [0.2, 0.25) is 0 Å². The molecule has 0 amide bonds. The summed E-state index contributed by atoms with van der Waals surface area (Å²) in [6, 6.07) is 6.74. The SMILES string of the molecule is Cc1nc(CN2CC3(CO[C@H](Cc4ccc(F)cc4)C3)C2)co1. The molecule has 2 aliphatic heterocycles. The lowest BCUT2D eigenvalue weighted by molar-refractivity contribution is -0.0147. The monoisotopic (exact) mass is 316 g/mol. The summed E-state index contributed by atoms with van der Waals surface area (Å²) in [4.78, 5) is 6.75. The zero-order chi connectivity index (χ0) is 15.9. The van der Waals surface area contributed by atoms with Crippen LogP contribution in [-0.2, 0) is 17.7 Å². The van der Waals surface area contributed by atoms with Crippen LogP contribution in [0.1, 0.15) is 23.6 Å². The molecule has 5 heteroatoms. The largest absolute Gasteiger partial charge is 0.449 e. The van der Waals surface area contributed by atoms with Gasteiger partial charge in [0.05, 0.1) is 18.4 Å². The first-order valence-corrected chi connectivity index (χ1v) is 8.10. The zero-order valence-corrected chi connectivity index (χ0v) is 13.3. The third-order valence-electron chi connectivity index (χ3n) is 4.83. The van der Waals surface area contributed by atoms with Crippen LogP contribution in [0.5, 0.6) is 0 Å². The number of rotatable bonds is 4. The number of halogens is 1. The lowest BCUT2D eigenvalue weighted by Crippen LogP contribution is -2.56. The highest BCUT2D eigenvalue weighted by atomic mass is 19.1. The summed E-state index contributed by atoms with van der Waals surface area (Å²) in [7, 11) is 0. The second kappa shape index (κ2) is 5.73. The fourth-order valence-electron chi connectivity index (χ4n) is 3.85. The van der Waals surface area contributed by atoms with Gasteiger partial charge in [0.2, 0.25) is 0 Å². The molecule has 2 fully saturated rings. The molecule has 2 aliphatic rings. The Morgan fingerprint density at radius 1 is 1.30 bits per heavy atom. The van der Waals surface area contributed by atoms with Crippen LogP contribution in [0.3, 0.4) is 0 Å².